The highest BCUT2D eigenvalue weighted by atomic mass is 35.5. The number of benzene rings is 2. The standard InChI is InChI=1S/C17H11ClN2O6/c18-13-6-5-9(20(25)26)7-12(13)14(8-15(21)22)19-16(23)10-3-1-2-4-11(10)17(19)24/h1-7,14H,8H2,(H,21,22)/p-1/t14-/m0/s1. The number of aliphatic carboxylic acids is 1. The molecule has 2 amide bonds. The number of non-ortho nitro benzene ring substituents is 1. The Balaban J connectivity index is 2.13. The average molecular weight is 374 g/mol. The Labute approximate surface area is 151 Å². The van der Waals surface area contributed by atoms with Crippen LogP contribution in [-0.4, -0.2) is 27.6 Å². The van der Waals surface area contributed by atoms with Gasteiger partial charge >= 0.3 is 0 Å². The van der Waals surface area contributed by atoms with Gasteiger partial charge in [-0.15, -0.1) is 0 Å². The molecule has 0 radical (unpaired) electrons. The number of hydrogen-bond acceptors (Lipinski definition) is 6. The predicted octanol–water partition coefficient (Wildman–Crippen LogP) is 1.73. The molecule has 0 saturated carbocycles. The number of carbonyl (C=O) groups is 3. The molecule has 26 heavy (non-hydrogen) atoms. The van der Waals surface area contributed by atoms with Gasteiger partial charge < -0.3 is 9.90 Å². The van der Waals surface area contributed by atoms with E-state index >= 15 is 0 Å². The molecule has 8 nitrogen and oxygen atoms in total. The number of carboxylic acids is 1. The summed E-state index contributed by atoms with van der Waals surface area (Å²) in [7, 11) is 0. The molecule has 3 rings (SSSR count). The van der Waals surface area contributed by atoms with Crippen molar-refractivity contribution in [1.82, 2.24) is 4.90 Å². The molecule has 132 valence electrons. The van der Waals surface area contributed by atoms with E-state index in [-0.39, 0.29) is 27.4 Å². The number of hydrogen-bond donors (Lipinski definition) is 0. The molecule has 9 heteroatoms. The third-order valence-electron chi connectivity index (χ3n) is 4.05. The summed E-state index contributed by atoms with van der Waals surface area (Å²) >= 11 is 6.08. The van der Waals surface area contributed by atoms with Gasteiger partial charge in [-0.1, -0.05) is 23.7 Å². The summed E-state index contributed by atoms with van der Waals surface area (Å²) in [6.07, 6.45) is -0.744. The van der Waals surface area contributed by atoms with E-state index in [1.807, 2.05) is 0 Å². The van der Waals surface area contributed by atoms with Crippen molar-refractivity contribution in [2.75, 3.05) is 0 Å². The summed E-state index contributed by atoms with van der Waals surface area (Å²) < 4.78 is 0. The van der Waals surface area contributed by atoms with Crippen LogP contribution in [0.4, 0.5) is 5.69 Å². The lowest BCUT2D eigenvalue weighted by molar-refractivity contribution is -0.385. The Bertz CT molecular complexity index is 923. The smallest absolute Gasteiger partial charge is 0.269 e. The molecule has 1 aliphatic rings. The van der Waals surface area contributed by atoms with E-state index < -0.39 is 35.2 Å². The molecule has 1 atom stereocenters. The van der Waals surface area contributed by atoms with E-state index in [4.69, 9.17) is 11.6 Å². The first kappa shape index (κ1) is 17.6. The molecule has 1 heterocycles. The highest BCUT2D eigenvalue weighted by molar-refractivity contribution is 6.31. The topological polar surface area (TPSA) is 121 Å². The third-order valence-corrected chi connectivity index (χ3v) is 4.39. The van der Waals surface area contributed by atoms with Crippen molar-refractivity contribution in [3.05, 3.63) is 74.3 Å². The van der Waals surface area contributed by atoms with Gasteiger partial charge in [0.05, 0.1) is 22.1 Å². The van der Waals surface area contributed by atoms with Crippen LogP contribution in [0.3, 0.4) is 0 Å². The van der Waals surface area contributed by atoms with Crippen molar-refractivity contribution >= 4 is 35.1 Å². The summed E-state index contributed by atoms with van der Waals surface area (Å²) in [4.78, 5) is 47.6. The van der Waals surface area contributed by atoms with Crippen LogP contribution in [0, 0.1) is 10.1 Å². The lowest BCUT2D eigenvalue weighted by atomic mass is 10.0. The zero-order chi connectivity index (χ0) is 19.0. The van der Waals surface area contributed by atoms with Crippen molar-refractivity contribution in [2.24, 2.45) is 0 Å². The molecule has 0 bridgehead atoms. The lowest BCUT2D eigenvalue weighted by Crippen LogP contribution is -2.38. The molecule has 0 spiro atoms. The summed E-state index contributed by atoms with van der Waals surface area (Å²) in [6.45, 7) is 0. The second kappa shape index (κ2) is 6.57. The second-order valence-corrected chi connectivity index (χ2v) is 5.99. The van der Waals surface area contributed by atoms with Crippen LogP contribution in [-0.2, 0) is 4.79 Å². The summed E-state index contributed by atoms with van der Waals surface area (Å²) in [6, 6.07) is 8.11. The number of nitro groups is 1. The number of nitro benzene ring substituents is 1. The fourth-order valence-electron chi connectivity index (χ4n) is 2.89. The highest BCUT2D eigenvalue weighted by Crippen LogP contribution is 2.37. The lowest BCUT2D eigenvalue weighted by Gasteiger charge is -2.27. The van der Waals surface area contributed by atoms with Gasteiger partial charge in [-0.2, -0.15) is 0 Å². The number of nitrogens with zero attached hydrogens (tertiary/aromatic N) is 2. The third kappa shape index (κ3) is 2.91. The van der Waals surface area contributed by atoms with Gasteiger partial charge in [0.1, 0.15) is 0 Å². The van der Waals surface area contributed by atoms with E-state index in [2.05, 4.69) is 0 Å². The molecular formula is C17H10ClN2O6-. The Kier molecular flexibility index (Phi) is 4.43. The van der Waals surface area contributed by atoms with Crippen molar-refractivity contribution in [2.45, 2.75) is 12.5 Å². The van der Waals surface area contributed by atoms with Gasteiger partial charge in [0.25, 0.3) is 17.5 Å². The molecule has 2 aromatic carbocycles. The zero-order valence-corrected chi connectivity index (χ0v) is 13.8. The van der Waals surface area contributed by atoms with E-state index in [0.29, 0.717) is 0 Å². The normalized spacial score (nSPS) is 14.3. The largest absolute Gasteiger partial charge is 0.550 e. The number of imide groups is 1. The Morgan fingerprint density at radius 1 is 1.12 bits per heavy atom. The maximum absolute atomic E-state index is 12.6. The van der Waals surface area contributed by atoms with E-state index in [9.17, 15) is 29.6 Å². The van der Waals surface area contributed by atoms with Crippen LogP contribution in [0.1, 0.15) is 38.7 Å². The number of fused-ring (bicyclic) bond motifs is 1. The predicted molar refractivity (Wildman–Crippen MR) is 87.4 cm³/mol. The first-order valence-corrected chi connectivity index (χ1v) is 7.79. The molecule has 1 aliphatic heterocycles. The van der Waals surface area contributed by atoms with Crippen molar-refractivity contribution < 1.29 is 24.4 Å². The van der Waals surface area contributed by atoms with E-state index in [1.165, 1.54) is 18.2 Å². The van der Waals surface area contributed by atoms with Crippen molar-refractivity contribution in [1.29, 1.82) is 0 Å². The Morgan fingerprint density at radius 2 is 1.69 bits per heavy atom. The van der Waals surface area contributed by atoms with Crippen LogP contribution < -0.4 is 5.11 Å². The molecule has 0 fully saturated rings. The second-order valence-electron chi connectivity index (χ2n) is 5.58. The Morgan fingerprint density at radius 3 is 2.19 bits per heavy atom. The number of rotatable bonds is 5. The van der Waals surface area contributed by atoms with Crippen molar-refractivity contribution in [3.8, 4) is 0 Å². The minimum atomic E-state index is -1.53. The molecule has 0 aromatic heterocycles. The van der Waals surface area contributed by atoms with Crippen LogP contribution in [0.5, 0.6) is 0 Å². The summed E-state index contributed by atoms with van der Waals surface area (Å²) in [5, 5.41) is 22.2. The molecule has 2 aromatic rings. The zero-order valence-electron chi connectivity index (χ0n) is 13.0. The van der Waals surface area contributed by atoms with Gasteiger partial charge in [0.15, 0.2) is 0 Å². The summed E-state index contributed by atoms with van der Waals surface area (Å²) in [5.41, 5.74) is -0.103. The fourth-order valence-corrected chi connectivity index (χ4v) is 3.13. The van der Waals surface area contributed by atoms with Crippen LogP contribution in [0.25, 0.3) is 0 Å². The minimum Gasteiger partial charge on any atom is -0.550 e. The van der Waals surface area contributed by atoms with Gasteiger partial charge in [-0.05, 0) is 18.2 Å². The molecule has 0 saturated heterocycles. The monoisotopic (exact) mass is 373 g/mol. The molecule has 0 N–H and O–H groups in total. The molecule has 0 aliphatic carbocycles. The van der Waals surface area contributed by atoms with Crippen LogP contribution in [0.15, 0.2) is 42.5 Å². The quantitative estimate of drug-likeness (QED) is 0.447. The maximum atomic E-state index is 12.6. The average Bonchev–Trinajstić information content (AvgIpc) is 2.85. The first-order valence-electron chi connectivity index (χ1n) is 7.42. The van der Waals surface area contributed by atoms with Crippen molar-refractivity contribution in [3.63, 3.8) is 0 Å². The van der Waals surface area contributed by atoms with E-state index in [1.54, 1.807) is 12.1 Å². The number of carboxylic acid groups (broad SMARTS) is 1. The number of carbonyl (C=O) groups excluding carboxylic acids is 3. The van der Waals surface area contributed by atoms with Crippen LogP contribution in [0.2, 0.25) is 5.02 Å². The number of amides is 2. The van der Waals surface area contributed by atoms with Crippen LogP contribution >= 0.6 is 11.6 Å². The first-order chi connectivity index (χ1) is 12.3. The minimum absolute atomic E-state index is 0.00148. The fraction of sp³-hybridized carbons (Fsp3) is 0.118. The Hall–Kier alpha value is -3.26. The van der Waals surface area contributed by atoms with Gasteiger partial charge in [-0.25, -0.2) is 0 Å². The van der Waals surface area contributed by atoms with E-state index in [0.717, 1.165) is 17.0 Å². The SMILES string of the molecule is O=C([O-])C[C@@H](c1cc([N+](=O)[O-])ccc1Cl)N1C(=O)c2ccccc2C1=O. The van der Waals surface area contributed by atoms with Gasteiger partial charge in [0.2, 0.25) is 0 Å². The maximum Gasteiger partial charge on any atom is 0.269 e. The summed E-state index contributed by atoms with van der Waals surface area (Å²) in [5.74, 6) is -2.92. The molecular weight excluding hydrogens is 364 g/mol. The van der Waals surface area contributed by atoms with Gasteiger partial charge in [-0.3, -0.25) is 24.6 Å². The highest BCUT2D eigenvalue weighted by Gasteiger charge is 2.41. The number of halogens is 1. The molecule has 0 unspecified atom stereocenters. The van der Waals surface area contributed by atoms with Gasteiger partial charge in [0, 0.05) is 35.1 Å².